The molecule has 0 spiro atoms. The van der Waals surface area contributed by atoms with Crippen molar-refractivity contribution in [1.82, 2.24) is 4.98 Å². The smallest absolute Gasteiger partial charge is 0.0954 e. The predicted octanol–water partition coefficient (Wildman–Crippen LogP) is 4.69. The molecule has 3 N–H and O–H groups in total. The molecule has 0 aliphatic heterocycles. The monoisotopic (exact) mass is 297 g/mol. The number of benzene rings is 1. The zero-order chi connectivity index (χ0) is 14.8. The number of nitrogens with two attached hydrogens (primary N) is 1. The Kier molecular flexibility index (Phi) is 3.80. The van der Waals surface area contributed by atoms with Gasteiger partial charge in [0, 0.05) is 22.1 Å². The Morgan fingerprint density at radius 2 is 2.00 bits per heavy atom. The van der Waals surface area contributed by atoms with Crippen molar-refractivity contribution in [3.8, 4) is 0 Å². The van der Waals surface area contributed by atoms with Gasteiger partial charge < -0.3 is 11.1 Å². The van der Waals surface area contributed by atoms with Crippen molar-refractivity contribution < 1.29 is 0 Å². The number of thiophene rings is 1. The quantitative estimate of drug-likeness (QED) is 0.687. The summed E-state index contributed by atoms with van der Waals surface area (Å²) in [6, 6.07) is 12.4. The molecule has 1 unspecified atom stereocenters. The van der Waals surface area contributed by atoms with Crippen LogP contribution >= 0.6 is 11.3 Å². The van der Waals surface area contributed by atoms with Crippen LogP contribution < -0.4 is 11.1 Å². The molecule has 0 amide bonds. The van der Waals surface area contributed by atoms with E-state index < -0.39 is 0 Å². The second-order valence-electron chi connectivity index (χ2n) is 5.48. The molecular weight excluding hydrogens is 278 g/mol. The number of pyridine rings is 1. The zero-order valence-electron chi connectivity index (χ0n) is 12.2. The topological polar surface area (TPSA) is 50.9 Å². The summed E-state index contributed by atoms with van der Waals surface area (Å²) in [5.41, 5.74) is 8.77. The van der Waals surface area contributed by atoms with Gasteiger partial charge in [0.2, 0.25) is 0 Å². The Morgan fingerprint density at radius 3 is 2.71 bits per heavy atom. The standard InChI is InChI=1S/C17H19N3S/c1-11(2)16(15-6-4-10-21-15)20-14-8-7-13(18)12-5-3-9-19-17(12)14/h3-11,16,20H,18H2,1-2H3. The van der Waals surface area contributed by atoms with Gasteiger partial charge in [0.05, 0.1) is 17.2 Å². The fourth-order valence-electron chi connectivity index (χ4n) is 2.51. The highest BCUT2D eigenvalue weighted by atomic mass is 32.1. The van der Waals surface area contributed by atoms with Crippen LogP contribution in [0.4, 0.5) is 11.4 Å². The van der Waals surface area contributed by atoms with Gasteiger partial charge in [-0.15, -0.1) is 11.3 Å². The van der Waals surface area contributed by atoms with Crippen molar-refractivity contribution >= 4 is 33.6 Å². The second kappa shape index (κ2) is 5.74. The van der Waals surface area contributed by atoms with Gasteiger partial charge in [-0.05, 0) is 41.6 Å². The Balaban J connectivity index is 2.03. The third-order valence-corrected chi connectivity index (χ3v) is 4.59. The number of nitrogens with one attached hydrogen (secondary N) is 1. The lowest BCUT2D eigenvalue weighted by molar-refractivity contribution is 0.554. The highest BCUT2D eigenvalue weighted by Crippen LogP contribution is 2.33. The summed E-state index contributed by atoms with van der Waals surface area (Å²) < 4.78 is 0. The molecule has 0 aliphatic carbocycles. The van der Waals surface area contributed by atoms with Crippen LogP contribution in [0, 0.1) is 5.92 Å². The Hall–Kier alpha value is -2.07. The Morgan fingerprint density at radius 1 is 1.14 bits per heavy atom. The molecule has 3 rings (SSSR count). The maximum Gasteiger partial charge on any atom is 0.0954 e. The van der Waals surface area contributed by atoms with Gasteiger partial charge in [-0.3, -0.25) is 4.98 Å². The van der Waals surface area contributed by atoms with E-state index in [4.69, 9.17) is 5.73 Å². The molecule has 0 fully saturated rings. The summed E-state index contributed by atoms with van der Waals surface area (Å²) in [5, 5.41) is 6.76. The minimum atomic E-state index is 0.277. The number of aromatic nitrogens is 1. The lowest BCUT2D eigenvalue weighted by Gasteiger charge is -2.23. The molecule has 3 nitrogen and oxygen atoms in total. The number of hydrogen-bond acceptors (Lipinski definition) is 4. The molecule has 2 aromatic heterocycles. The van der Waals surface area contributed by atoms with Crippen LogP contribution in [0.1, 0.15) is 24.8 Å². The lowest BCUT2D eigenvalue weighted by Crippen LogP contribution is -2.16. The van der Waals surface area contributed by atoms with Crippen molar-refractivity contribution in [2.75, 3.05) is 11.1 Å². The minimum absolute atomic E-state index is 0.277. The summed E-state index contributed by atoms with van der Waals surface area (Å²) in [4.78, 5) is 5.84. The number of anilines is 2. The first-order chi connectivity index (χ1) is 10.2. The maximum absolute atomic E-state index is 6.04. The van der Waals surface area contributed by atoms with E-state index in [0.717, 1.165) is 22.3 Å². The van der Waals surface area contributed by atoms with E-state index in [1.54, 1.807) is 11.3 Å². The van der Waals surface area contributed by atoms with Gasteiger partial charge >= 0.3 is 0 Å². The molecule has 21 heavy (non-hydrogen) atoms. The second-order valence-corrected chi connectivity index (χ2v) is 6.46. The van der Waals surface area contributed by atoms with Crippen molar-refractivity contribution in [2.45, 2.75) is 19.9 Å². The molecule has 2 heterocycles. The van der Waals surface area contributed by atoms with E-state index in [2.05, 4.69) is 41.7 Å². The largest absolute Gasteiger partial charge is 0.398 e. The first-order valence-corrected chi connectivity index (χ1v) is 7.98. The molecule has 4 heteroatoms. The van der Waals surface area contributed by atoms with Crippen LogP contribution in [0.2, 0.25) is 0 Å². The summed E-state index contributed by atoms with van der Waals surface area (Å²) in [5.74, 6) is 0.486. The van der Waals surface area contributed by atoms with Crippen LogP contribution in [0.15, 0.2) is 48.0 Å². The van der Waals surface area contributed by atoms with Gasteiger partial charge in [-0.2, -0.15) is 0 Å². The summed E-state index contributed by atoms with van der Waals surface area (Å²) in [6.07, 6.45) is 1.81. The fourth-order valence-corrected chi connectivity index (χ4v) is 3.46. The highest BCUT2D eigenvalue weighted by molar-refractivity contribution is 7.10. The molecule has 108 valence electrons. The van der Waals surface area contributed by atoms with E-state index in [1.165, 1.54) is 4.88 Å². The van der Waals surface area contributed by atoms with E-state index in [0.29, 0.717) is 5.92 Å². The summed E-state index contributed by atoms with van der Waals surface area (Å²) >= 11 is 1.78. The van der Waals surface area contributed by atoms with Gasteiger partial charge in [0.15, 0.2) is 0 Å². The number of rotatable bonds is 4. The minimum Gasteiger partial charge on any atom is -0.398 e. The number of fused-ring (bicyclic) bond motifs is 1. The van der Waals surface area contributed by atoms with Gasteiger partial charge in [0.25, 0.3) is 0 Å². The van der Waals surface area contributed by atoms with Crippen molar-refractivity contribution in [2.24, 2.45) is 5.92 Å². The van der Waals surface area contributed by atoms with Crippen molar-refractivity contribution in [3.63, 3.8) is 0 Å². The SMILES string of the molecule is CC(C)C(Nc1ccc(N)c2cccnc12)c1cccs1. The molecule has 1 aromatic carbocycles. The molecule has 0 aliphatic rings. The third kappa shape index (κ3) is 2.72. The molecule has 0 bridgehead atoms. The summed E-state index contributed by atoms with van der Waals surface area (Å²) in [7, 11) is 0. The van der Waals surface area contributed by atoms with Crippen LogP contribution in [0.25, 0.3) is 10.9 Å². The molecule has 0 saturated carbocycles. The Bertz CT molecular complexity index is 735. The van der Waals surface area contributed by atoms with E-state index in [-0.39, 0.29) is 6.04 Å². The average Bonchev–Trinajstić information content (AvgIpc) is 3.00. The first kappa shape index (κ1) is 13.9. The van der Waals surface area contributed by atoms with E-state index >= 15 is 0 Å². The molecule has 0 saturated heterocycles. The third-order valence-electron chi connectivity index (χ3n) is 3.63. The van der Waals surface area contributed by atoms with Crippen molar-refractivity contribution in [3.05, 3.63) is 52.9 Å². The average molecular weight is 297 g/mol. The Labute approximate surface area is 128 Å². The van der Waals surface area contributed by atoms with Gasteiger partial charge in [0.1, 0.15) is 0 Å². The number of nitrogens with zero attached hydrogens (tertiary/aromatic N) is 1. The fraction of sp³-hybridized carbons (Fsp3) is 0.235. The molecule has 3 aromatic rings. The zero-order valence-corrected chi connectivity index (χ0v) is 13.0. The van der Waals surface area contributed by atoms with Crippen LogP contribution in [0.5, 0.6) is 0 Å². The van der Waals surface area contributed by atoms with Crippen LogP contribution in [-0.2, 0) is 0 Å². The van der Waals surface area contributed by atoms with Crippen LogP contribution in [-0.4, -0.2) is 4.98 Å². The van der Waals surface area contributed by atoms with Gasteiger partial charge in [-0.25, -0.2) is 0 Å². The van der Waals surface area contributed by atoms with Gasteiger partial charge in [-0.1, -0.05) is 19.9 Å². The number of nitrogen functional groups attached to an aromatic ring is 1. The van der Waals surface area contributed by atoms with Crippen LogP contribution in [0.3, 0.4) is 0 Å². The summed E-state index contributed by atoms with van der Waals surface area (Å²) in [6.45, 7) is 4.45. The molecule has 1 atom stereocenters. The lowest BCUT2D eigenvalue weighted by atomic mass is 10.0. The predicted molar refractivity (Wildman–Crippen MR) is 91.7 cm³/mol. The molecule has 0 radical (unpaired) electrons. The normalized spacial score (nSPS) is 12.7. The maximum atomic E-state index is 6.04. The first-order valence-electron chi connectivity index (χ1n) is 7.10. The van der Waals surface area contributed by atoms with E-state index in [1.807, 2.05) is 30.5 Å². The van der Waals surface area contributed by atoms with Crippen molar-refractivity contribution in [1.29, 1.82) is 0 Å². The van der Waals surface area contributed by atoms with E-state index in [9.17, 15) is 0 Å². The highest BCUT2D eigenvalue weighted by Gasteiger charge is 2.18. The number of hydrogen-bond donors (Lipinski definition) is 2. The molecular formula is C17H19N3S.